The van der Waals surface area contributed by atoms with E-state index in [9.17, 15) is 13.2 Å². The van der Waals surface area contributed by atoms with Gasteiger partial charge in [-0.05, 0) is 68.4 Å². The van der Waals surface area contributed by atoms with Crippen molar-refractivity contribution in [3.63, 3.8) is 0 Å². The van der Waals surface area contributed by atoms with E-state index in [0.717, 1.165) is 5.56 Å². The van der Waals surface area contributed by atoms with E-state index in [-0.39, 0.29) is 16.6 Å². The maximum atomic E-state index is 13.0. The number of carbonyl (C=O) groups is 1. The SMILES string of the molecule is CCOc1ccc(NS(=O)(=O)c2cc(NC(=O)c3ccc(C)cc3)ccc2OC)cc1. The van der Waals surface area contributed by atoms with E-state index in [0.29, 0.717) is 29.3 Å². The van der Waals surface area contributed by atoms with Crippen molar-refractivity contribution in [2.75, 3.05) is 23.8 Å². The van der Waals surface area contributed by atoms with Crippen molar-refractivity contribution in [2.24, 2.45) is 0 Å². The number of sulfonamides is 1. The monoisotopic (exact) mass is 440 g/mol. The average molecular weight is 441 g/mol. The summed E-state index contributed by atoms with van der Waals surface area (Å²) in [6.45, 7) is 4.32. The van der Waals surface area contributed by atoms with E-state index < -0.39 is 10.0 Å². The summed E-state index contributed by atoms with van der Waals surface area (Å²) in [4.78, 5) is 12.4. The average Bonchev–Trinajstić information content (AvgIpc) is 2.75. The fourth-order valence-electron chi connectivity index (χ4n) is 2.87. The van der Waals surface area contributed by atoms with Gasteiger partial charge < -0.3 is 14.8 Å². The first-order valence-corrected chi connectivity index (χ1v) is 11.1. The van der Waals surface area contributed by atoms with Crippen molar-refractivity contribution >= 4 is 27.3 Å². The van der Waals surface area contributed by atoms with Gasteiger partial charge in [-0.2, -0.15) is 0 Å². The van der Waals surface area contributed by atoms with Crippen LogP contribution in [0.3, 0.4) is 0 Å². The fourth-order valence-corrected chi connectivity index (χ4v) is 4.12. The van der Waals surface area contributed by atoms with Crippen LogP contribution in [0.5, 0.6) is 11.5 Å². The molecule has 0 radical (unpaired) electrons. The highest BCUT2D eigenvalue weighted by atomic mass is 32.2. The number of amides is 1. The van der Waals surface area contributed by atoms with Gasteiger partial charge in [-0.15, -0.1) is 0 Å². The van der Waals surface area contributed by atoms with Crippen LogP contribution in [0.25, 0.3) is 0 Å². The lowest BCUT2D eigenvalue weighted by molar-refractivity contribution is 0.102. The second kappa shape index (κ2) is 9.53. The third-order valence-electron chi connectivity index (χ3n) is 4.44. The number of hydrogen-bond donors (Lipinski definition) is 2. The minimum Gasteiger partial charge on any atom is -0.495 e. The molecule has 31 heavy (non-hydrogen) atoms. The van der Waals surface area contributed by atoms with Gasteiger partial charge in [-0.25, -0.2) is 8.42 Å². The number of aryl methyl sites for hydroxylation is 1. The Labute approximate surface area is 182 Å². The summed E-state index contributed by atoms with van der Waals surface area (Å²) in [6, 6.07) is 18.1. The second-order valence-corrected chi connectivity index (χ2v) is 8.40. The normalized spacial score (nSPS) is 10.9. The Morgan fingerprint density at radius 1 is 0.935 bits per heavy atom. The summed E-state index contributed by atoms with van der Waals surface area (Å²) in [5.74, 6) is 0.462. The number of nitrogens with one attached hydrogen (secondary N) is 2. The van der Waals surface area contributed by atoms with E-state index in [2.05, 4.69) is 10.0 Å². The Morgan fingerprint density at radius 2 is 1.58 bits per heavy atom. The Balaban J connectivity index is 1.84. The van der Waals surface area contributed by atoms with Crippen LogP contribution >= 0.6 is 0 Å². The molecule has 0 saturated heterocycles. The van der Waals surface area contributed by atoms with E-state index in [1.807, 2.05) is 26.0 Å². The van der Waals surface area contributed by atoms with E-state index >= 15 is 0 Å². The zero-order chi connectivity index (χ0) is 22.4. The molecule has 0 bridgehead atoms. The standard InChI is InChI=1S/C23H24N2O5S/c1-4-30-20-12-9-18(10-13-20)25-31(27,28)22-15-19(11-14-21(22)29-3)24-23(26)17-7-5-16(2)6-8-17/h5-15,25H,4H2,1-3H3,(H,24,26). The minimum absolute atomic E-state index is 0.0920. The second-order valence-electron chi connectivity index (χ2n) is 6.75. The highest BCUT2D eigenvalue weighted by Gasteiger charge is 2.21. The quantitative estimate of drug-likeness (QED) is 0.540. The van der Waals surface area contributed by atoms with Crippen LogP contribution < -0.4 is 19.5 Å². The summed E-state index contributed by atoms with van der Waals surface area (Å²) in [7, 11) is -2.59. The maximum Gasteiger partial charge on any atom is 0.265 e. The zero-order valence-electron chi connectivity index (χ0n) is 17.5. The van der Waals surface area contributed by atoms with Gasteiger partial charge >= 0.3 is 0 Å². The van der Waals surface area contributed by atoms with Gasteiger partial charge in [-0.1, -0.05) is 17.7 Å². The molecule has 0 unspecified atom stereocenters. The lowest BCUT2D eigenvalue weighted by Crippen LogP contribution is -2.16. The molecule has 2 N–H and O–H groups in total. The van der Waals surface area contributed by atoms with Gasteiger partial charge in [0.1, 0.15) is 16.4 Å². The molecule has 3 rings (SSSR count). The molecule has 0 aliphatic carbocycles. The van der Waals surface area contributed by atoms with Gasteiger partial charge in [0.05, 0.1) is 13.7 Å². The summed E-state index contributed by atoms with van der Waals surface area (Å²) >= 11 is 0. The highest BCUT2D eigenvalue weighted by Crippen LogP contribution is 2.29. The van der Waals surface area contributed by atoms with Gasteiger partial charge in [0.15, 0.2) is 0 Å². The topological polar surface area (TPSA) is 93.7 Å². The molecule has 0 aromatic heterocycles. The van der Waals surface area contributed by atoms with Crippen LogP contribution in [-0.2, 0) is 10.0 Å². The first-order chi connectivity index (χ1) is 14.8. The number of carbonyl (C=O) groups excluding carboxylic acids is 1. The van der Waals surface area contributed by atoms with Crippen molar-refractivity contribution < 1.29 is 22.7 Å². The molecule has 0 aliphatic heterocycles. The molecule has 0 aliphatic rings. The van der Waals surface area contributed by atoms with Crippen molar-refractivity contribution in [3.05, 3.63) is 77.9 Å². The molecule has 0 heterocycles. The lowest BCUT2D eigenvalue weighted by Gasteiger charge is -2.14. The number of benzene rings is 3. The largest absolute Gasteiger partial charge is 0.495 e. The number of hydrogen-bond acceptors (Lipinski definition) is 5. The summed E-state index contributed by atoms with van der Waals surface area (Å²) in [5, 5.41) is 2.72. The molecular weight excluding hydrogens is 416 g/mol. The molecule has 0 saturated carbocycles. The predicted molar refractivity (Wildman–Crippen MR) is 121 cm³/mol. The highest BCUT2D eigenvalue weighted by molar-refractivity contribution is 7.92. The van der Waals surface area contributed by atoms with Crippen molar-refractivity contribution in [1.82, 2.24) is 0 Å². The maximum absolute atomic E-state index is 13.0. The van der Waals surface area contributed by atoms with Gasteiger partial charge in [0.25, 0.3) is 15.9 Å². The Bertz CT molecular complexity index is 1160. The van der Waals surface area contributed by atoms with Crippen molar-refractivity contribution in [3.8, 4) is 11.5 Å². The molecule has 0 fully saturated rings. The van der Waals surface area contributed by atoms with E-state index in [1.54, 1.807) is 42.5 Å². The number of anilines is 2. The van der Waals surface area contributed by atoms with E-state index in [4.69, 9.17) is 9.47 Å². The molecule has 1 amide bonds. The van der Waals surface area contributed by atoms with Crippen molar-refractivity contribution in [2.45, 2.75) is 18.7 Å². The molecule has 0 atom stereocenters. The molecule has 8 heteroatoms. The molecule has 3 aromatic carbocycles. The first kappa shape index (κ1) is 22.2. The van der Waals surface area contributed by atoms with Crippen LogP contribution in [0, 0.1) is 6.92 Å². The van der Waals surface area contributed by atoms with Crippen LogP contribution in [0.4, 0.5) is 11.4 Å². The van der Waals surface area contributed by atoms with Gasteiger partial charge in [0, 0.05) is 16.9 Å². The third kappa shape index (κ3) is 5.55. The van der Waals surface area contributed by atoms with Crippen LogP contribution in [0.2, 0.25) is 0 Å². The minimum atomic E-state index is -3.98. The lowest BCUT2D eigenvalue weighted by atomic mass is 10.1. The first-order valence-electron chi connectivity index (χ1n) is 9.64. The number of rotatable bonds is 8. The van der Waals surface area contributed by atoms with Gasteiger partial charge in [0.2, 0.25) is 0 Å². The van der Waals surface area contributed by atoms with Crippen LogP contribution in [-0.4, -0.2) is 28.0 Å². The summed E-state index contributed by atoms with van der Waals surface area (Å²) in [5.41, 5.74) is 2.21. The number of methoxy groups -OCH3 is 1. The van der Waals surface area contributed by atoms with Crippen molar-refractivity contribution in [1.29, 1.82) is 0 Å². The fraction of sp³-hybridized carbons (Fsp3) is 0.174. The zero-order valence-corrected chi connectivity index (χ0v) is 18.3. The molecular formula is C23H24N2O5S. The summed E-state index contributed by atoms with van der Waals surface area (Å²) in [6.07, 6.45) is 0. The Hall–Kier alpha value is -3.52. The molecule has 3 aromatic rings. The molecule has 0 spiro atoms. The Morgan fingerprint density at radius 3 is 2.19 bits per heavy atom. The number of ether oxygens (including phenoxy) is 2. The summed E-state index contributed by atoms with van der Waals surface area (Å²) < 4.78 is 39.1. The third-order valence-corrected chi connectivity index (χ3v) is 5.84. The smallest absolute Gasteiger partial charge is 0.265 e. The molecule has 162 valence electrons. The van der Waals surface area contributed by atoms with Gasteiger partial charge in [-0.3, -0.25) is 9.52 Å². The molecule has 7 nitrogen and oxygen atoms in total. The van der Waals surface area contributed by atoms with Crippen LogP contribution in [0.1, 0.15) is 22.8 Å². The van der Waals surface area contributed by atoms with E-state index in [1.165, 1.54) is 19.2 Å². The Kier molecular flexibility index (Phi) is 6.81. The predicted octanol–water partition coefficient (Wildman–Crippen LogP) is 4.46. The van der Waals surface area contributed by atoms with Crippen LogP contribution in [0.15, 0.2) is 71.6 Å².